The van der Waals surface area contributed by atoms with Crippen molar-refractivity contribution < 1.29 is 4.79 Å². The molecule has 0 bridgehead atoms. The summed E-state index contributed by atoms with van der Waals surface area (Å²) in [6.45, 7) is 5.19. The number of fused-ring (bicyclic) bond motifs is 1. The normalized spacial score (nSPS) is 13.2. The fourth-order valence-corrected chi connectivity index (χ4v) is 2.83. The summed E-state index contributed by atoms with van der Waals surface area (Å²) in [5, 5.41) is 6.38. The number of anilines is 1. The zero-order chi connectivity index (χ0) is 15.5. The first-order valence-corrected chi connectivity index (χ1v) is 7.58. The van der Waals surface area contributed by atoms with Gasteiger partial charge in [-0.1, -0.05) is 12.1 Å². The fourth-order valence-electron chi connectivity index (χ4n) is 2.83. The molecule has 5 nitrogen and oxygen atoms in total. The molecular weight excluding hydrogens is 276 g/mol. The molecule has 5 heteroatoms. The molecule has 0 fully saturated rings. The minimum atomic E-state index is -0.126. The van der Waals surface area contributed by atoms with Gasteiger partial charge in [0.1, 0.15) is 5.82 Å². The van der Waals surface area contributed by atoms with Crippen molar-refractivity contribution in [2.45, 2.75) is 33.2 Å². The lowest BCUT2D eigenvalue weighted by molar-refractivity contribution is 0.0949. The molecule has 1 aromatic carbocycles. The summed E-state index contributed by atoms with van der Waals surface area (Å²) >= 11 is 0. The molecule has 0 radical (unpaired) electrons. The van der Waals surface area contributed by atoms with E-state index in [4.69, 9.17) is 0 Å². The summed E-state index contributed by atoms with van der Waals surface area (Å²) < 4.78 is 0. The van der Waals surface area contributed by atoms with E-state index in [0.29, 0.717) is 23.6 Å². The van der Waals surface area contributed by atoms with E-state index >= 15 is 0 Å². The van der Waals surface area contributed by atoms with Gasteiger partial charge < -0.3 is 10.6 Å². The van der Waals surface area contributed by atoms with Gasteiger partial charge in [0, 0.05) is 25.0 Å². The smallest absolute Gasteiger partial charge is 0.254 e. The summed E-state index contributed by atoms with van der Waals surface area (Å²) in [7, 11) is 0. The van der Waals surface area contributed by atoms with Crippen LogP contribution in [0.2, 0.25) is 0 Å². The Morgan fingerprint density at radius 1 is 1.36 bits per heavy atom. The predicted molar refractivity (Wildman–Crippen MR) is 85.9 cm³/mol. The molecule has 114 valence electrons. The number of nitrogens with one attached hydrogen (secondary N) is 2. The zero-order valence-corrected chi connectivity index (χ0v) is 12.9. The number of amides is 1. The number of rotatable bonds is 3. The SMILES string of the molecule is Cc1ncc(C(=O)NCc2cccc3c2CCCN3)c(C)n1. The largest absolute Gasteiger partial charge is 0.385 e. The Labute approximate surface area is 130 Å². The molecule has 1 amide bonds. The van der Waals surface area contributed by atoms with Crippen LogP contribution in [0.5, 0.6) is 0 Å². The fraction of sp³-hybridized carbons (Fsp3) is 0.353. The number of benzene rings is 1. The van der Waals surface area contributed by atoms with Crippen molar-refractivity contribution in [2.75, 3.05) is 11.9 Å². The lowest BCUT2D eigenvalue weighted by Crippen LogP contribution is -2.25. The van der Waals surface area contributed by atoms with Crippen LogP contribution in [-0.4, -0.2) is 22.4 Å². The van der Waals surface area contributed by atoms with E-state index in [9.17, 15) is 4.79 Å². The second-order valence-electron chi connectivity index (χ2n) is 5.57. The van der Waals surface area contributed by atoms with E-state index in [1.54, 1.807) is 6.20 Å². The van der Waals surface area contributed by atoms with Crippen molar-refractivity contribution in [1.29, 1.82) is 0 Å². The van der Waals surface area contributed by atoms with Gasteiger partial charge in [-0.05, 0) is 43.9 Å². The molecule has 22 heavy (non-hydrogen) atoms. The lowest BCUT2D eigenvalue weighted by Gasteiger charge is -2.21. The van der Waals surface area contributed by atoms with Gasteiger partial charge in [-0.2, -0.15) is 0 Å². The number of hydrogen-bond acceptors (Lipinski definition) is 4. The van der Waals surface area contributed by atoms with Crippen molar-refractivity contribution in [3.8, 4) is 0 Å². The van der Waals surface area contributed by atoms with Crippen LogP contribution in [-0.2, 0) is 13.0 Å². The minimum absolute atomic E-state index is 0.126. The Hall–Kier alpha value is -2.43. The van der Waals surface area contributed by atoms with Crippen molar-refractivity contribution in [1.82, 2.24) is 15.3 Å². The van der Waals surface area contributed by atoms with E-state index in [2.05, 4.69) is 32.7 Å². The standard InChI is InChI=1S/C17H20N4O/c1-11-15(10-19-12(2)21-11)17(22)20-9-13-5-3-7-16-14(13)6-4-8-18-16/h3,5,7,10,18H,4,6,8-9H2,1-2H3,(H,20,22). The second-order valence-corrected chi connectivity index (χ2v) is 5.57. The Morgan fingerprint density at radius 3 is 3.05 bits per heavy atom. The quantitative estimate of drug-likeness (QED) is 0.912. The molecule has 2 N–H and O–H groups in total. The van der Waals surface area contributed by atoms with Crippen LogP contribution in [0.3, 0.4) is 0 Å². The van der Waals surface area contributed by atoms with Gasteiger partial charge in [-0.25, -0.2) is 9.97 Å². The maximum atomic E-state index is 12.3. The molecule has 0 unspecified atom stereocenters. The molecule has 1 aliphatic heterocycles. The van der Waals surface area contributed by atoms with Gasteiger partial charge in [-0.15, -0.1) is 0 Å². The highest BCUT2D eigenvalue weighted by Gasteiger charge is 2.14. The maximum Gasteiger partial charge on any atom is 0.254 e. The third-order valence-corrected chi connectivity index (χ3v) is 3.98. The van der Waals surface area contributed by atoms with Crippen LogP contribution < -0.4 is 10.6 Å². The molecule has 3 rings (SSSR count). The number of carbonyl (C=O) groups excluding carboxylic acids is 1. The van der Waals surface area contributed by atoms with Gasteiger partial charge in [-0.3, -0.25) is 4.79 Å². The first-order chi connectivity index (χ1) is 10.6. The number of carbonyl (C=O) groups is 1. The van der Waals surface area contributed by atoms with Crippen LogP contribution in [0.4, 0.5) is 5.69 Å². The van der Waals surface area contributed by atoms with Crippen molar-refractivity contribution in [3.63, 3.8) is 0 Å². The third kappa shape index (κ3) is 2.93. The van der Waals surface area contributed by atoms with E-state index in [1.165, 1.54) is 16.8 Å². The van der Waals surface area contributed by atoms with Gasteiger partial charge in [0.2, 0.25) is 0 Å². The van der Waals surface area contributed by atoms with E-state index in [1.807, 2.05) is 19.9 Å². The minimum Gasteiger partial charge on any atom is -0.385 e. The average Bonchev–Trinajstić information content (AvgIpc) is 2.52. The van der Waals surface area contributed by atoms with E-state index in [-0.39, 0.29) is 5.91 Å². The number of aromatic nitrogens is 2. The molecule has 0 saturated heterocycles. The van der Waals surface area contributed by atoms with Crippen LogP contribution in [0.1, 0.15) is 39.4 Å². The highest BCUT2D eigenvalue weighted by Crippen LogP contribution is 2.25. The van der Waals surface area contributed by atoms with E-state index < -0.39 is 0 Å². The highest BCUT2D eigenvalue weighted by atomic mass is 16.1. The molecular formula is C17H20N4O. The zero-order valence-electron chi connectivity index (χ0n) is 12.9. The van der Waals surface area contributed by atoms with Gasteiger partial charge >= 0.3 is 0 Å². The molecule has 0 atom stereocenters. The van der Waals surface area contributed by atoms with Gasteiger partial charge in [0.15, 0.2) is 0 Å². The molecule has 2 aromatic rings. The summed E-state index contributed by atoms with van der Waals surface area (Å²) in [4.78, 5) is 20.7. The van der Waals surface area contributed by atoms with Crippen molar-refractivity contribution in [2.24, 2.45) is 0 Å². The Bertz CT molecular complexity index is 712. The summed E-state index contributed by atoms with van der Waals surface area (Å²) in [5.41, 5.74) is 4.91. The third-order valence-electron chi connectivity index (χ3n) is 3.98. The lowest BCUT2D eigenvalue weighted by atomic mass is 9.97. The molecule has 1 aromatic heterocycles. The first-order valence-electron chi connectivity index (χ1n) is 7.58. The van der Waals surface area contributed by atoms with Crippen LogP contribution in [0, 0.1) is 13.8 Å². The molecule has 0 saturated carbocycles. The summed E-state index contributed by atoms with van der Waals surface area (Å²) in [6, 6.07) is 6.20. The highest BCUT2D eigenvalue weighted by molar-refractivity contribution is 5.94. The number of nitrogens with zero attached hydrogens (tertiary/aromatic N) is 2. The first kappa shape index (κ1) is 14.5. The topological polar surface area (TPSA) is 66.9 Å². The van der Waals surface area contributed by atoms with Gasteiger partial charge in [0.25, 0.3) is 5.91 Å². The number of hydrogen-bond donors (Lipinski definition) is 2. The molecule has 0 spiro atoms. The predicted octanol–water partition coefficient (Wildman–Crippen LogP) is 2.38. The summed E-state index contributed by atoms with van der Waals surface area (Å²) in [5.74, 6) is 0.552. The van der Waals surface area contributed by atoms with Crippen LogP contribution in [0.15, 0.2) is 24.4 Å². The van der Waals surface area contributed by atoms with Crippen LogP contribution in [0.25, 0.3) is 0 Å². The summed E-state index contributed by atoms with van der Waals surface area (Å²) in [6.07, 6.45) is 3.78. The van der Waals surface area contributed by atoms with Crippen molar-refractivity contribution >= 4 is 11.6 Å². The van der Waals surface area contributed by atoms with Crippen LogP contribution >= 0.6 is 0 Å². The molecule has 2 heterocycles. The Morgan fingerprint density at radius 2 is 2.23 bits per heavy atom. The average molecular weight is 296 g/mol. The molecule has 1 aliphatic rings. The monoisotopic (exact) mass is 296 g/mol. The Balaban J connectivity index is 1.74. The van der Waals surface area contributed by atoms with E-state index in [0.717, 1.165) is 19.4 Å². The number of aryl methyl sites for hydroxylation is 2. The van der Waals surface area contributed by atoms with Crippen molar-refractivity contribution in [3.05, 3.63) is 52.6 Å². The maximum absolute atomic E-state index is 12.3. The molecule has 0 aliphatic carbocycles. The second kappa shape index (κ2) is 6.13. The van der Waals surface area contributed by atoms with Gasteiger partial charge in [0.05, 0.1) is 11.3 Å². The Kier molecular flexibility index (Phi) is 4.04.